The Balaban J connectivity index is 2.15. The summed E-state index contributed by atoms with van der Waals surface area (Å²) in [4.78, 5) is 39.0. The van der Waals surface area contributed by atoms with Crippen molar-refractivity contribution in [2.75, 3.05) is 13.1 Å². The Labute approximate surface area is 166 Å². The highest BCUT2D eigenvalue weighted by atomic mass is 16.5. The van der Waals surface area contributed by atoms with Crippen LogP contribution in [0, 0.1) is 0 Å². The minimum atomic E-state index is -0.878. The molecule has 28 heavy (non-hydrogen) atoms. The fourth-order valence-electron chi connectivity index (χ4n) is 2.86. The van der Waals surface area contributed by atoms with E-state index in [2.05, 4.69) is 5.32 Å². The summed E-state index contributed by atoms with van der Waals surface area (Å²) >= 11 is 0. The maximum absolute atomic E-state index is 13.1. The fourth-order valence-corrected chi connectivity index (χ4v) is 2.86. The van der Waals surface area contributed by atoms with E-state index in [1.54, 1.807) is 31.2 Å². The average molecular weight is 390 g/mol. The van der Waals surface area contributed by atoms with E-state index in [-0.39, 0.29) is 30.4 Å². The summed E-state index contributed by atoms with van der Waals surface area (Å²) < 4.78 is 11.1. The molecule has 1 N–H and O–H groups in total. The third kappa shape index (κ3) is 5.71. The molecule has 0 bridgehead atoms. The molecule has 0 spiro atoms. The second-order valence-corrected chi connectivity index (χ2v) is 7.08. The smallest absolute Gasteiger partial charge is 0.308 e. The Hall–Kier alpha value is -2.57. The summed E-state index contributed by atoms with van der Waals surface area (Å²) in [6.45, 7) is 8.38. The van der Waals surface area contributed by atoms with Crippen molar-refractivity contribution in [2.24, 2.45) is 0 Å². The Morgan fingerprint density at radius 2 is 1.93 bits per heavy atom. The highest BCUT2D eigenvalue weighted by Gasteiger charge is 2.36. The first-order valence-electron chi connectivity index (χ1n) is 9.90. The Morgan fingerprint density at radius 3 is 2.61 bits per heavy atom. The van der Waals surface area contributed by atoms with Gasteiger partial charge in [-0.05, 0) is 44.9 Å². The van der Waals surface area contributed by atoms with Crippen molar-refractivity contribution in [2.45, 2.75) is 65.2 Å². The molecule has 154 valence electrons. The first-order chi connectivity index (χ1) is 13.3. The SMILES string of the molecule is CCC(C)OC(=O)CC1C(=O)NCCN1C(=O)c1cccc(OC(C)CC)c1. The van der Waals surface area contributed by atoms with Crippen molar-refractivity contribution in [3.05, 3.63) is 29.8 Å². The van der Waals surface area contributed by atoms with E-state index in [1.165, 1.54) is 4.90 Å². The van der Waals surface area contributed by atoms with Crippen LogP contribution in [0.3, 0.4) is 0 Å². The van der Waals surface area contributed by atoms with Gasteiger partial charge in [0.05, 0.1) is 18.6 Å². The predicted octanol–water partition coefficient (Wildman–Crippen LogP) is 2.54. The zero-order valence-corrected chi connectivity index (χ0v) is 17.1. The number of rotatable bonds is 8. The van der Waals surface area contributed by atoms with Gasteiger partial charge in [-0.1, -0.05) is 19.9 Å². The number of esters is 1. The Bertz CT molecular complexity index is 706. The van der Waals surface area contributed by atoms with Crippen LogP contribution in [0.15, 0.2) is 24.3 Å². The number of nitrogens with one attached hydrogen (secondary N) is 1. The van der Waals surface area contributed by atoms with Crippen molar-refractivity contribution in [3.8, 4) is 5.75 Å². The summed E-state index contributed by atoms with van der Waals surface area (Å²) in [6.07, 6.45) is 1.19. The van der Waals surface area contributed by atoms with Crippen LogP contribution in [0.25, 0.3) is 0 Å². The molecule has 2 rings (SSSR count). The van der Waals surface area contributed by atoms with Gasteiger partial charge in [0.15, 0.2) is 0 Å². The minimum absolute atomic E-state index is 0.0363. The molecule has 7 nitrogen and oxygen atoms in total. The number of hydrogen-bond donors (Lipinski definition) is 1. The molecule has 1 aromatic carbocycles. The van der Waals surface area contributed by atoms with Crippen molar-refractivity contribution in [1.82, 2.24) is 10.2 Å². The quantitative estimate of drug-likeness (QED) is 0.690. The number of amides is 2. The van der Waals surface area contributed by atoms with Crippen molar-refractivity contribution in [1.29, 1.82) is 0 Å². The van der Waals surface area contributed by atoms with Crippen LogP contribution in [0.5, 0.6) is 5.75 Å². The van der Waals surface area contributed by atoms with Crippen LogP contribution < -0.4 is 10.1 Å². The van der Waals surface area contributed by atoms with Gasteiger partial charge in [0.2, 0.25) is 5.91 Å². The maximum Gasteiger partial charge on any atom is 0.308 e. The molecule has 0 saturated carbocycles. The van der Waals surface area contributed by atoms with E-state index in [0.717, 1.165) is 6.42 Å². The lowest BCUT2D eigenvalue weighted by Crippen LogP contribution is -2.57. The van der Waals surface area contributed by atoms with E-state index >= 15 is 0 Å². The highest BCUT2D eigenvalue weighted by molar-refractivity contribution is 5.99. The van der Waals surface area contributed by atoms with Gasteiger partial charge in [-0.3, -0.25) is 14.4 Å². The van der Waals surface area contributed by atoms with E-state index < -0.39 is 12.0 Å². The molecule has 0 aliphatic carbocycles. The van der Waals surface area contributed by atoms with Crippen LogP contribution in [0.4, 0.5) is 0 Å². The van der Waals surface area contributed by atoms with E-state index in [1.807, 2.05) is 20.8 Å². The summed E-state index contributed by atoms with van der Waals surface area (Å²) in [5.41, 5.74) is 0.427. The number of piperazine rings is 1. The zero-order valence-electron chi connectivity index (χ0n) is 17.1. The Morgan fingerprint density at radius 1 is 1.21 bits per heavy atom. The van der Waals surface area contributed by atoms with Crippen molar-refractivity contribution >= 4 is 17.8 Å². The van der Waals surface area contributed by atoms with Gasteiger partial charge in [-0.25, -0.2) is 0 Å². The summed E-state index contributed by atoms with van der Waals surface area (Å²) in [5.74, 6) is -0.518. The maximum atomic E-state index is 13.1. The van der Waals surface area contributed by atoms with Crippen LogP contribution in [0.1, 0.15) is 57.3 Å². The van der Waals surface area contributed by atoms with Gasteiger partial charge < -0.3 is 19.7 Å². The van der Waals surface area contributed by atoms with Gasteiger partial charge in [0.1, 0.15) is 11.8 Å². The molecule has 0 radical (unpaired) electrons. The highest BCUT2D eigenvalue weighted by Crippen LogP contribution is 2.20. The van der Waals surface area contributed by atoms with Gasteiger partial charge in [-0.2, -0.15) is 0 Å². The van der Waals surface area contributed by atoms with Crippen LogP contribution in [0.2, 0.25) is 0 Å². The Kier molecular flexibility index (Phi) is 7.84. The molecule has 1 fully saturated rings. The number of benzene rings is 1. The number of carbonyl (C=O) groups is 3. The molecule has 1 saturated heterocycles. The lowest BCUT2D eigenvalue weighted by molar-refractivity contribution is -0.151. The van der Waals surface area contributed by atoms with Crippen LogP contribution in [-0.2, 0) is 14.3 Å². The molecule has 1 aromatic rings. The largest absolute Gasteiger partial charge is 0.491 e. The summed E-state index contributed by atoms with van der Waals surface area (Å²) in [5, 5.41) is 2.72. The minimum Gasteiger partial charge on any atom is -0.491 e. The number of carbonyl (C=O) groups excluding carboxylic acids is 3. The molecule has 1 aliphatic rings. The second-order valence-electron chi connectivity index (χ2n) is 7.08. The van der Waals surface area contributed by atoms with Gasteiger partial charge in [0, 0.05) is 18.7 Å². The molecule has 0 aromatic heterocycles. The fraction of sp³-hybridized carbons (Fsp3) is 0.571. The standard InChI is InChI=1S/C21H30N2O5/c1-5-14(3)27-17-9-7-8-16(12-17)21(26)23-11-10-22-20(25)18(23)13-19(24)28-15(4)6-2/h7-9,12,14-15,18H,5-6,10-11,13H2,1-4H3,(H,22,25). The average Bonchev–Trinajstić information content (AvgIpc) is 2.68. The zero-order chi connectivity index (χ0) is 20.7. The third-order valence-corrected chi connectivity index (χ3v) is 4.85. The molecular formula is C21H30N2O5. The van der Waals surface area contributed by atoms with E-state index in [9.17, 15) is 14.4 Å². The van der Waals surface area contributed by atoms with Crippen molar-refractivity contribution in [3.63, 3.8) is 0 Å². The van der Waals surface area contributed by atoms with E-state index in [0.29, 0.717) is 30.8 Å². The second kappa shape index (κ2) is 10.1. The molecule has 3 atom stereocenters. The lowest BCUT2D eigenvalue weighted by atomic mass is 10.1. The molecular weight excluding hydrogens is 360 g/mol. The summed E-state index contributed by atoms with van der Waals surface area (Å²) in [6, 6.07) is 6.04. The molecule has 7 heteroatoms. The van der Waals surface area contributed by atoms with Crippen molar-refractivity contribution < 1.29 is 23.9 Å². The first kappa shape index (κ1) is 21.7. The molecule has 3 unspecified atom stereocenters. The summed E-state index contributed by atoms with van der Waals surface area (Å²) in [7, 11) is 0. The molecule has 2 amide bonds. The third-order valence-electron chi connectivity index (χ3n) is 4.85. The van der Waals surface area contributed by atoms with Crippen LogP contribution >= 0.6 is 0 Å². The molecule has 1 heterocycles. The van der Waals surface area contributed by atoms with Crippen LogP contribution in [-0.4, -0.2) is 54.0 Å². The topological polar surface area (TPSA) is 84.9 Å². The molecule has 1 aliphatic heterocycles. The predicted molar refractivity (Wildman–Crippen MR) is 105 cm³/mol. The number of nitrogens with zero attached hydrogens (tertiary/aromatic N) is 1. The lowest BCUT2D eigenvalue weighted by Gasteiger charge is -2.34. The normalized spacial score (nSPS) is 18.8. The first-order valence-corrected chi connectivity index (χ1v) is 9.90. The van der Waals surface area contributed by atoms with E-state index in [4.69, 9.17) is 9.47 Å². The van der Waals surface area contributed by atoms with Gasteiger partial charge in [0.25, 0.3) is 5.91 Å². The monoisotopic (exact) mass is 390 g/mol. The van der Waals surface area contributed by atoms with Gasteiger partial charge in [-0.15, -0.1) is 0 Å². The number of hydrogen-bond acceptors (Lipinski definition) is 5. The number of ether oxygens (including phenoxy) is 2. The van der Waals surface area contributed by atoms with Gasteiger partial charge >= 0.3 is 5.97 Å².